The number of anilines is 1. The number of methoxy groups -OCH3 is 1. The van der Waals surface area contributed by atoms with Crippen molar-refractivity contribution in [3.05, 3.63) is 39.9 Å². The van der Waals surface area contributed by atoms with Crippen LogP contribution < -0.4 is 10.5 Å². The molecule has 1 aromatic carbocycles. The Bertz CT molecular complexity index is 574. The first-order valence-corrected chi connectivity index (χ1v) is 6.18. The van der Waals surface area contributed by atoms with Gasteiger partial charge in [-0.2, -0.15) is 9.97 Å². The normalized spacial score (nSPS) is 10.4. The van der Waals surface area contributed by atoms with Crippen LogP contribution in [-0.4, -0.2) is 22.1 Å². The molecule has 18 heavy (non-hydrogen) atoms. The highest BCUT2D eigenvalue weighted by Crippen LogP contribution is 2.24. The first-order chi connectivity index (χ1) is 8.60. The Morgan fingerprint density at radius 2 is 2.06 bits per heavy atom. The Hall–Kier alpha value is -1.69. The molecule has 0 aliphatic heterocycles. The third-order valence-electron chi connectivity index (χ3n) is 2.45. The Kier molecular flexibility index (Phi) is 3.76. The number of nitrogen functional groups attached to an aromatic ring is 1. The van der Waals surface area contributed by atoms with Crippen LogP contribution in [0.15, 0.2) is 22.7 Å². The lowest BCUT2D eigenvalue weighted by atomic mass is 10.1. The first kappa shape index (κ1) is 12.8. The predicted molar refractivity (Wildman–Crippen MR) is 72.5 cm³/mol. The zero-order chi connectivity index (χ0) is 13.1. The summed E-state index contributed by atoms with van der Waals surface area (Å²) in [5.74, 6) is 1.27. The average molecular weight is 309 g/mol. The molecule has 0 saturated carbocycles. The Balaban J connectivity index is 2.34. The van der Waals surface area contributed by atoms with Gasteiger partial charge in [0.25, 0.3) is 0 Å². The van der Waals surface area contributed by atoms with Crippen molar-refractivity contribution in [1.82, 2.24) is 15.0 Å². The number of para-hydroxylation sites is 1. The number of benzene rings is 1. The molecule has 0 aliphatic rings. The number of aromatic nitrogens is 3. The van der Waals surface area contributed by atoms with Gasteiger partial charge in [-0.25, -0.2) is 4.98 Å². The van der Waals surface area contributed by atoms with Gasteiger partial charge in [-0.1, -0.05) is 12.1 Å². The van der Waals surface area contributed by atoms with Crippen molar-refractivity contribution in [2.45, 2.75) is 13.3 Å². The van der Waals surface area contributed by atoms with Crippen molar-refractivity contribution >= 4 is 21.6 Å². The molecule has 0 bridgehead atoms. The number of ether oxygens (including phenoxy) is 1. The van der Waals surface area contributed by atoms with E-state index in [0.29, 0.717) is 29.8 Å². The van der Waals surface area contributed by atoms with E-state index in [0.717, 1.165) is 10.0 Å². The summed E-state index contributed by atoms with van der Waals surface area (Å²) in [6, 6.07) is 6.11. The molecule has 2 rings (SSSR count). The number of halogens is 1. The second-order valence-electron chi connectivity index (χ2n) is 3.77. The van der Waals surface area contributed by atoms with Crippen LogP contribution in [0.3, 0.4) is 0 Å². The van der Waals surface area contributed by atoms with E-state index in [1.54, 1.807) is 6.92 Å². The van der Waals surface area contributed by atoms with E-state index < -0.39 is 0 Å². The SMILES string of the molecule is COc1nc(C)nc(Cc2cccc(Br)c2N)n1. The average Bonchev–Trinajstić information content (AvgIpc) is 2.34. The fourth-order valence-electron chi connectivity index (χ4n) is 1.59. The molecular formula is C12H13BrN4O. The molecule has 0 aliphatic carbocycles. The fourth-order valence-corrected chi connectivity index (χ4v) is 1.99. The van der Waals surface area contributed by atoms with Crippen molar-refractivity contribution in [2.24, 2.45) is 0 Å². The molecule has 6 heteroatoms. The van der Waals surface area contributed by atoms with E-state index >= 15 is 0 Å². The molecule has 0 radical (unpaired) electrons. The largest absolute Gasteiger partial charge is 0.467 e. The smallest absolute Gasteiger partial charge is 0.319 e. The van der Waals surface area contributed by atoms with Crippen molar-refractivity contribution in [3.63, 3.8) is 0 Å². The van der Waals surface area contributed by atoms with Crippen LogP contribution in [0.1, 0.15) is 17.2 Å². The minimum Gasteiger partial charge on any atom is -0.467 e. The number of rotatable bonds is 3. The van der Waals surface area contributed by atoms with Crippen LogP contribution in [0.2, 0.25) is 0 Å². The summed E-state index contributed by atoms with van der Waals surface area (Å²) >= 11 is 3.40. The van der Waals surface area contributed by atoms with Gasteiger partial charge in [0.2, 0.25) is 0 Å². The third-order valence-corrected chi connectivity index (χ3v) is 3.14. The first-order valence-electron chi connectivity index (χ1n) is 5.38. The van der Waals surface area contributed by atoms with Crippen LogP contribution in [0.4, 0.5) is 5.69 Å². The molecule has 1 heterocycles. The Labute approximate surface area is 114 Å². The fraction of sp³-hybridized carbons (Fsp3) is 0.250. The molecule has 2 N–H and O–H groups in total. The highest BCUT2D eigenvalue weighted by molar-refractivity contribution is 9.10. The number of nitrogens with two attached hydrogens (primary N) is 1. The lowest BCUT2D eigenvalue weighted by Gasteiger charge is -2.07. The predicted octanol–water partition coefficient (Wildman–Crippen LogP) is 2.12. The second-order valence-corrected chi connectivity index (χ2v) is 4.63. The molecule has 0 unspecified atom stereocenters. The minimum absolute atomic E-state index is 0.325. The molecule has 5 nitrogen and oxygen atoms in total. The van der Waals surface area contributed by atoms with E-state index in [9.17, 15) is 0 Å². The van der Waals surface area contributed by atoms with Crippen molar-refractivity contribution in [2.75, 3.05) is 12.8 Å². The van der Waals surface area contributed by atoms with E-state index in [-0.39, 0.29) is 0 Å². The highest BCUT2D eigenvalue weighted by Gasteiger charge is 2.08. The summed E-state index contributed by atoms with van der Waals surface area (Å²) in [5, 5.41) is 0. The van der Waals surface area contributed by atoms with Crippen molar-refractivity contribution in [3.8, 4) is 6.01 Å². The molecule has 0 saturated heterocycles. The lowest BCUT2D eigenvalue weighted by molar-refractivity contribution is 0.374. The van der Waals surface area contributed by atoms with Crippen LogP contribution in [0.5, 0.6) is 6.01 Å². The van der Waals surface area contributed by atoms with Gasteiger partial charge in [0, 0.05) is 16.6 Å². The molecular weight excluding hydrogens is 296 g/mol. The van der Waals surface area contributed by atoms with E-state index in [1.165, 1.54) is 7.11 Å². The maximum absolute atomic E-state index is 5.99. The van der Waals surface area contributed by atoms with E-state index in [2.05, 4.69) is 30.9 Å². The van der Waals surface area contributed by atoms with E-state index in [1.807, 2.05) is 18.2 Å². The summed E-state index contributed by atoms with van der Waals surface area (Å²) < 4.78 is 5.90. The standard InChI is InChI=1S/C12H13BrN4O/c1-7-15-10(17-12(16-7)18-2)6-8-4-3-5-9(13)11(8)14/h3-5H,6,14H2,1-2H3. The Morgan fingerprint density at radius 1 is 1.28 bits per heavy atom. The summed E-state index contributed by atoms with van der Waals surface area (Å²) in [6.07, 6.45) is 0.547. The van der Waals surface area contributed by atoms with Gasteiger partial charge >= 0.3 is 6.01 Å². The van der Waals surface area contributed by atoms with Gasteiger partial charge in [-0.05, 0) is 34.5 Å². The number of nitrogens with zero attached hydrogens (tertiary/aromatic N) is 3. The maximum Gasteiger partial charge on any atom is 0.319 e. The monoisotopic (exact) mass is 308 g/mol. The van der Waals surface area contributed by atoms with Crippen LogP contribution in [-0.2, 0) is 6.42 Å². The van der Waals surface area contributed by atoms with Crippen LogP contribution in [0, 0.1) is 6.92 Å². The van der Waals surface area contributed by atoms with Crippen molar-refractivity contribution < 1.29 is 4.74 Å². The molecule has 2 aromatic rings. The topological polar surface area (TPSA) is 73.9 Å². The quantitative estimate of drug-likeness (QED) is 0.879. The maximum atomic E-state index is 5.99. The molecule has 0 atom stereocenters. The van der Waals surface area contributed by atoms with Crippen LogP contribution >= 0.6 is 15.9 Å². The number of aryl methyl sites for hydroxylation is 1. The Morgan fingerprint density at radius 3 is 2.78 bits per heavy atom. The van der Waals surface area contributed by atoms with Gasteiger partial charge in [-0.3, -0.25) is 0 Å². The summed E-state index contributed by atoms with van der Waals surface area (Å²) in [5.41, 5.74) is 7.66. The molecule has 0 spiro atoms. The molecule has 0 fully saturated rings. The summed E-state index contributed by atoms with van der Waals surface area (Å²) in [7, 11) is 1.53. The number of hydrogen-bond donors (Lipinski definition) is 1. The van der Waals surface area contributed by atoms with Crippen molar-refractivity contribution in [1.29, 1.82) is 0 Å². The highest BCUT2D eigenvalue weighted by atomic mass is 79.9. The molecule has 94 valence electrons. The lowest BCUT2D eigenvalue weighted by Crippen LogP contribution is -2.05. The van der Waals surface area contributed by atoms with Gasteiger partial charge in [-0.15, -0.1) is 0 Å². The van der Waals surface area contributed by atoms with E-state index in [4.69, 9.17) is 10.5 Å². The van der Waals surface area contributed by atoms with Gasteiger partial charge in [0.1, 0.15) is 11.6 Å². The van der Waals surface area contributed by atoms with Gasteiger partial charge < -0.3 is 10.5 Å². The molecule has 1 aromatic heterocycles. The zero-order valence-corrected chi connectivity index (χ0v) is 11.7. The minimum atomic E-state index is 0.325. The van der Waals surface area contributed by atoms with Gasteiger partial charge in [0.05, 0.1) is 7.11 Å². The summed E-state index contributed by atoms with van der Waals surface area (Å²) in [4.78, 5) is 12.5. The molecule has 0 amide bonds. The zero-order valence-electron chi connectivity index (χ0n) is 10.1. The van der Waals surface area contributed by atoms with Crippen LogP contribution in [0.25, 0.3) is 0 Å². The summed E-state index contributed by atoms with van der Waals surface area (Å²) in [6.45, 7) is 1.80. The van der Waals surface area contributed by atoms with Gasteiger partial charge in [0.15, 0.2) is 0 Å². The third kappa shape index (κ3) is 2.76. The number of hydrogen-bond acceptors (Lipinski definition) is 5. The second kappa shape index (κ2) is 5.30.